The summed E-state index contributed by atoms with van der Waals surface area (Å²) in [5.74, 6) is 0.989. The summed E-state index contributed by atoms with van der Waals surface area (Å²) >= 11 is 0. The number of aromatic hydroxyl groups is 2. The third-order valence-corrected chi connectivity index (χ3v) is 4.48. The molecule has 2 rings (SSSR count). The van der Waals surface area contributed by atoms with E-state index in [4.69, 9.17) is 4.74 Å². The van der Waals surface area contributed by atoms with Gasteiger partial charge in [-0.2, -0.15) is 9.97 Å². The first kappa shape index (κ1) is 15.9. The molecule has 21 heavy (non-hydrogen) atoms. The van der Waals surface area contributed by atoms with Crippen molar-refractivity contribution in [1.82, 2.24) is 9.97 Å². The van der Waals surface area contributed by atoms with Gasteiger partial charge in [0, 0.05) is 5.92 Å². The SMILES string of the molecule is CCCCCC1CCC(c2nc(O)c(OC)c(O)n2)CC1. The molecule has 1 heterocycles. The Bertz CT molecular complexity index is 434. The molecular formula is C16H26N2O3. The van der Waals surface area contributed by atoms with E-state index in [1.807, 2.05) is 0 Å². The van der Waals surface area contributed by atoms with Crippen LogP contribution >= 0.6 is 0 Å². The van der Waals surface area contributed by atoms with Crippen LogP contribution in [0.5, 0.6) is 17.5 Å². The first-order chi connectivity index (χ1) is 10.2. The molecule has 1 aromatic heterocycles. The van der Waals surface area contributed by atoms with E-state index in [2.05, 4.69) is 16.9 Å². The number of rotatable bonds is 6. The van der Waals surface area contributed by atoms with E-state index in [0.717, 1.165) is 18.8 Å². The third kappa shape index (κ3) is 3.99. The second kappa shape index (κ2) is 7.48. The zero-order chi connectivity index (χ0) is 15.2. The number of methoxy groups -OCH3 is 1. The van der Waals surface area contributed by atoms with Crippen LogP contribution in [-0.2, 0) is 0 Å². The second-order valence-electron chi connectivity index (χ2n) is 5.98. The summed E-state index contributed by atoms with van der Waals surface area (Å²) in [4.78, 5) is 8.18. The number of nitrogens with zero attached hydrogens (tertiary/aromatic N) is 2. The zero-order valence-electron chi connectivity index (χ0n) is 13.0. The highest BCUT2D eigenvalue weighted by Crippen LogP contribution is 2.39. The van der Waals surface area contributed by atoms with Crippen molar-refractivity contribution >= 4 is 0 Å². The van der Waals surface area contributed by atoms with Crippen molar-refractivity contribution < 1.29 is 14.9 Å². The van der Waals surface area contributed by atoms with Crippen molar-refractivity contribution in [3.05, 3.63) is 5.82 Å². The van der Waals surface area contributed by atoms with E-state index >= 15 is 0 Å². The lowest BCUT2D eigenvalue weighted by Crippen LogP contribution is -2.15. The summed E-state index contributed by atoms with van der Waals surface area (Å²) in [5, 5.41) is 19.5. The van der Waals surface area contributed by atoms with Crippen LogP contribution < -0.4 is 4.74 Å². The first-order valence-corrected chi connectivity index (χ1v) is 7.99. The predicted molar refractivity (Wildman–Crippen MR) is 80.8 cm³/mol. The molecule has 0 atom stereocenters. The Labute approximate surface area is 126 Å². The highest BCUT2D eigenvalue weighted by atomic mass is 16.5. The maximum Gasteiger partial charge on any atom is 0.262 e. The second-order valence-corrected chi connectivity index (χ2v) is 5.98. The van der Waals surface area contributed by atoms with Crippen molar-refractivity contribution in [2.45, 2.75) is 64.2 Å². The number of hydrogen-bond acceptors (Lipinski definition) is 5. The van der Waals surface area contributed by atoms with Gasteiger partial charge in [-0.1, -0.05) is 32.6 Å². The molecule has 0 bridgehead atoms. The van der Waals surface area contributed by atoms with E-state index in [0.29, 0.717) is 5.82 Å². The standard InChI is InChI=1S/C16H26N2O3/c1-3-4-5-6-11-7-9-12(10-8-11)14-17-15(19)13(21-2)16(20)18-14/h11-12H,3-10H2,1-2H3,(H2,17,18,19,20). The van der Waals surface area contributed by atoms with Gasteiger partial charge in [0.1, 0.15) is 5.82 Å². The fourth-order valence-electron chi connectivity index (χ4n) is 3.20. The van der Waals surface area contributed by atoms with E-state index in [1.165, 1.54) is 45.6 Å². The predicted octanol–water partition coefficient (Wildman–Crippen LogP) is 3.75. The van der Waals surface area contributed by atoms with Gasteiger partial charge in [0.25, 0.3) is 11.8 Å². The Morgan fingerprint density at radius 3 is 2.19 bits per heavy atom. The molecule has 0 amide bonds. The van der Waals surface area contributed by atoms with Crippen molar-refractivity contribution in [3.63, 3.8) is 0 Å². The fraction of sp³-hybridized carbons (Fsp3) is 0.750. The van der Waals surface area contributed by atoms with E-state index < -0.39 is 0 Å². The first-order valence-electron chi connectivity index (χ1n) is 7.99. The molecule has 118 valence electrons. The largest absolute Gasteiger partial charge is 0.490 e. The Morgan fingerprint density at radius 2 is 1.67 bits per heavy atom. The minimum Gasteiger partial charge on any atom is -0.490 e. The summed E-state index contributed by atoms with van der Waals surface area (Å²) in [6.45, 7) is 2.23. The third-order valence-electron chi connectivity index (χ3n) is 4.48. The van der Waals surface area contributed by atoms with Crippen molar-refractivity contribution in [3.8, 4) is 17.5 Å². The molecule has 0 saturated heterocycles. The fourth-order valence-corrected chi connectivity index (χ4v) is 3.20. The molecule has 1 aromatic rings. The molecule has 1 aliphatic carbocycles. The molecule has 0 radical (unpaired) electrons. The highest BCUT2D eigenvalue weighted by molar-refractivity contribution is 5.41. The Kier molecular flexibility index (Phi) is 5.65. The molecule has 1 saturated carbocycles. The lowest BCUT2D eigenvalue weighted by atomic mass is 9.79. The molecule has 0 aromatic carbocycles. The molecule has 0 aliphatic heterocycles. The van der Waals surface area contributed by atoms with Crippen LogP contribution in [0.2, 0.25) is 0 Å². The number of ether oxygens (including phenoxy) is 1. The molecule has 0 unspecified atom stereocenters. The summed E-state index contributed by atoms with van der Waals surface area (Å²) in [5.41, 5.74) is 0. The summed E-state index contributed by atoms with van der Waals surface area (Å²) in [6, 6.07) is 0. The zero-order valence-corrected chi connectivity index (χ0v) is 13.0. The van der Waals surface area contributed by atoms with Crippen LogP contribution in [0.15, 0.2) is 0 Å². The minimum atomic E-state index is -0.273. The lowest BCUT2D eigenvalue weighted by molar-refractivity contribution is 0.287. The summed E-state index contributed by atoms with van der Waals surface area (Å²) < 4.78 is 4.87. The quantitative estimate of drug-likeness (QED) is 0.781. The Balaban J connectivity index is 1.93. The lowest BCUT2D eigenvalue weighted by Gasteiger charge is -2.27. The Morgan fingerprint density at radius 1 is 1.05 bits per heavy atom. The van der Waals surface area contributed by atoms with E-state index in [1.54, 1.807) is 0 Å². The van der Waals surface area contributed by atoms with E-state index in [-0.39, 0.29) is 23.4 Å². The molecule has 5 nitrogen and oxygen atoms in total. The number of aromatic nitrogens is 2. The van der Waals surface area contributed by atoms with Crippen LogP contribution in [0.4, 0.5) is 0 Å². The molecule has 1 aliphatic rings. The summed E-state index contributed by atoms with van der Waals surface area (Å²) in [7, 11) is 1.37. The van der Waals surface area contributed by atoms with Crippen molar-refractivity contribution in [2.75, 3.05) is 7.11 Å². The van der Waals surface area contributed by atoms with Crippen molar-refractivity contribution in [1.29, 1.82) is 0 Å². The monoisotopic (exact) mass is 294 g/mol. The summed E-state index contributed by atoms with van der Waals surface area (Å²) in [6.07, 6.45) is 9.67. The van der Waals surface area contributed by atoms with Crippen molar-refractivity contribution in [2.24, 2.45) is 5.92 Å². The highest BCUT2D eigenvalue weighted by Gasteiger charge is 2.26. The molecule has 2 N–H and O–H groups in total. The minimum absolute atomic E-state index is 0.0491. The number of hydrogen-bond donors (Lipinski definition) is 2. The van der Waals surface area contributed by atoms with E-state index in [9.17, 15) is 10.2 Å². The van der Waals surface area contributed by atoms with Crippen LogP contribution in [0.25, 0.3) is 0 Å². The van der Waals surface area contributed by atoms with Gasteiger partial charge in [-0.3, -0.25) is 0 Å². The van der Waals surface area contributed by atoms with Gasteiger partial charge in [-0.15, -0.1) is 0 Å². The molecule has 0 spiro atoms. The average molecular weight is 294 g/mol. The normalized spacial score (nSPS) is 22.2. The van der Waals surface area contributed by atoms with Gasteiger partial charge >= 0.3 is 0 Å². The van der Waals surface area contributed by atoms with Crippen LogP contribution in [-0.4, -0.2) is 27.3 Å². The maximum atomic E-state index is 9.76. The van der Waals surface area contributed by atoms with Gasteiger partial charge in [0.15, 0.2) is 0 Å². The Hall–Kier alpha value is -1.52. The van der Waals surface area contributed by atoms with Gasteiger partial charge in [-0.25, -0.2) is 0 Å². The van der Waals surface area contributed by atoms with Crippen LogP contribution in [0.3, 0.4) is 0 Å². The number of unbranched alkanes of at least 4 members (excludes halogenated alkanes) is 2. The topological polar surface area (TPSA) is 75.5 Å². The van der Waals surface area contributed by atoms with Gasteiger partial charge in [0.2, 0.25) is 5.75 Å². The maximum absolute atomic E-state index is 9.76. The molecule has 5 heteroatoms. The van der Waals surface area contributed by atoms with Gasteiger partial charge in [-0.05, 0) is 31.6 Å². The van der Waals surface area contributed by atoms with Crippen LogP contribution in [0, 0.1) is 5.92 Å². The smallest absolute Gasteiger partial charge is 0.262 e. The van der Waals surface area contributed by atoms with Gasteiger partial charge < -0.3 is 14.9 Å². The molecule has 1 fully saturated rings. The average Bonchev–Trinajstić information content (AvgIpc) is 2.48. The molecular weight excluding hydrogens is 268 g/mol. The van der Waals surface area contributed by atoms with Crippen LogP contribution in [0.1, 0.15) is 70.0 Å². The van der Waals surface area contributed by atoms with Gasteiger partial charge in [0.05, 0.1) is 7.11 Å².